The SMILES string of the molecule is Cc1ccc(S(=O)(=O)N2c3ccc(C)cc3C(=O)C23OC(=O)c2ccc(Cl)cc23)cc1. The fourth-order valence-electron chi connectivity index (χ4n) is 4.11. The van der Waals surface area contributed by atoms with E-state index in [9.17, 15) is 18.0 Å². The molecule has 0 saturated heterocycles. The second kappa shape index (κ2) is 6.42. The summed E-state index contributed by atoms with van der Waals surface area (Å²) in [4.78, 5) is 26.4. The minimum absolute atomic E-state index is 0.0229. The fourth-order valence-corrected chi connectivity index (χ4v) is 5.94. The van der Waals surface area contributed by atoms with Gasteiger partial charge in [0.25, 0.3) is 15.7 Å². The Bertz CT molecular complexity index is 1400. The average Bonchev–Trinajstić information content (AvgIpc) is 3.14. The lowest BCUT2D eigenvalue weighted by Crippen LogP contribution is -2.51. The van der Waals surface area contributed by atoms with Gasteiger partial charge < -0.3 is 4.74 Å². The van der Waals surface area contributed by atoms with Crippen LogP contribution < -0.4 is 4.31 Å². The predicted molar refractivity (Wildman–Crippen MR) is 115 cm³/mol. The summed E-state index contributed by atoms with van der Waals surface area (Å²) in [6.45, 7) is 3.63. The van der Waals surface area contributed by atoms with Crippen LogP contribution in [0.25, 0.3) is 0 Å². The van der Waals surface area contributed by atoms with Gasteiger partial charge in [-0.05, 0) is 56.3 Å². The van der Waals surface area contributed by atoms with E-state index >= 15 is 0 Å². The number of ether oxygens (including phenoxy) is 1. The number of aryl methyl sites for hydroxylation is 2. The number of Topliss-reactive ketones (excluding diaryl/α,β-unsaturated/α-hetero) is 1. The molecule has 3 aromatic rings. The number of ketones is 1. The summed E-state index contributed by atoms with van der Waals surface area (Å²) in [5, 5.41) is 0.254. The minimum atomic E-state index is -4.29. The first-order chi connectivity index (χ1) is 14.7. The number of hydrogen-bond acceptors (Lipinski definition) is 5. The van der Waals surface area contributed by atoms with Crippen LogP contribution in [0, 0.1) is 13.8 Å². The Morgan fingerprint density at radius 3 is 2.26 bits per heavy atom. The highest BCUT2D eigenvalue weighted by Crippen LogP contribution is 2.53. The van der Waals surface area contributed by atoms with Gasteiger partial charge in [0.15, 0.2) is 0 Å². The van der Waals surface area contributed by atoms with Gasteiger partial charge in [0.1, 0.15) is 0 Å². The third-order valence-electron chi connectivity index (χ3n) is 5.58. The number of rotatable bonds is 2. The summed E-state index contributed by atoms with van der Waals surface area (Å²) in [7, 11) is -4.29. The van der Waals surface area contributed by atoms with Gasteiger partial charge in [-0.15, -0.1) is 0 Å². The molecule has 1 spiro atoms. The van der Waals surface area contributed by atoms with Crippen molar-refractivity contribution >= 4 is 39.1 Å². The van der Waals surface area contributed by atoms with Crippen LogP contribution in [-0.2, 0) is 20.5 Å². The molecule has 0 radical (unpaired) electrons. The average molecular weight is 454 g/mol. The summed E-state index contributed by atoms with van der Waals surface area (Å²) in [5.74, 6) is -1.41. The summed E-state index contributed by atoms with van der Waals surface area (Å²) in [6, 6.07) is 15.5. The molecule has 0 saturated carbocycles. The maximum atomic E-state index is 13.9. The third-order valence-corrected chi connectivity index (χ3v) is 7.61. The van der Waals surface area contributed by atoms with Crippen LogP contribution in [-0.4, -0.2) is 20.2 Å². The van der Waals surface area contributed by atoms with Crippen LogP contribution in [0.1, 0.15) is 37.4 Å². The van der Waals surface area contributed by atoms with Gasteiger partial charge in [-0.3, -0.25) is 4.79 Å². The van der Waals surface area contributed by atoms with E-state index in [0.29, 0.717) is 0 Å². The van der Waals surface area contributed by atoms with E-state index in [4.69, 9.17) is 16.3 Å². The van der Waals surface area contributed by atoms with Gasteiger partial charge in [0.2, 0.25) is 5.78 Å². The predicted octanol–water partition coefficient (Wildman–Crippen LogP) is 4.37. The Kier molecular flexibility index (Phi) is 4.10. The van der Waals surface area contributed by atoms with Crippen molar-refractivity contribution in [2.45, 2.75) is 24.5 Å². The highest BCUT2D eigenvalue weighted by atomic mass is 35.5. The number of esters is 1. The molecular weight excluding hydrogens is 438 g/mol. The van der Waals surface area contributed by atoms with Gasteiger partial charge >= 0.3 is 5.97 Å². The van der Waals surface area contributed by atoms with Crippen molar-refractivity contribution in [3.05, 3.63) is 93.5 Å². The number of sulfonamides is 1. The van der Waals surface area contributed by atoms with Crippen LogP contribution in [0.3, 0.4) is 0 Å². The molecule has 3 aromatic carbocycles. The second-order valence-electron chi connectivity index (χ2n) is 7.66. The molecule has 31 heavy (non-hydrogen) atoms. The molecule has 0 amide bonds. The standard InChI is InChI=1S/C23H16ClNO5S/c1-13-3-7-16(8-4-13)31(28,29)25-20-10-5-14(2)11-18(20)21(26)23(25)19-12-15(24)6-9-17(19)22(27)30-23/h3-12H,1-2H3. The Hall–Kier alpha value is -3.16. The van der Waals surface area contributed by atoms with Gasteiger partial charge in [-0.2, -0.15) is 0 Å². The summed E-state index contributed by atoms with van der Waals surface area (Å²) < 4.78 is 34.2. The molecule has 0 N–H and O–H groups in total. The summed E-state index contributed by atoms with van der Waals surface area (Å²) in [6.07, 6.45) is 0. The lowest BCUT2D eigenvalue weighted by molar-refractivity contribution is 0.00584. The highest BCUT2D eigenvalue weighted by molar-refractivity contribution is 7.93. The maximum Gasteiger partial charge on any atom is 0.341 e. The zero-order valence-electron chi connectivity index (χ0n) is 16.5. The monoisotopic (exact) mass is 453 g/mol. The van der Waals surface area contributed by atoms with Crippen molar-refractivity contribution in [2.24, 2.45) is 0 Å². The molecule has 0 aromatic heterocycles. The van der Waals surface area contributed by atoms with Gasteiger partial charge in [-0.1, -0.05) is 40.9 Å². The van der Waals surface area contributed by atoms with Crippen molar-refractivity contribution in [1.29, 1.82) is 0 Å². The molecule has 2 heterocycles. The van der Waals surface area contributed by atoms with Crippen LogP contribution >= 0.6 is 11.6 Å². The van der Waals surface area contributed by atoms with Gasteiger partial charge in [0, 0.05) is 16.1 Å². The molecule has 0 aliphatic carbocycles. The number of halogens is 1. The quantitative estimate of drug-likeness (QED) is 0.538. The maximum absolute atomic E-state index is 13.9. The molecule has 6 nitrogen and oxygen atoms in total. The van der Waals surface area contributed by atoms with E-state index < -0.39 is 27.5 Å². The van der Waals surface area contributed by atoms with E-state index in [1.165, 1.54) is 30.3 Å². The first-order valence-corrected chi connectivity index (χ1v) is 11.3. The van der Waals surface area contributed by atoms with Crippen molar-refractivity contribution in [3.63, 3.8) is 0 Å². The molecule has 5 rings (SSSR count). The first-order valence-electron chi connectivity index (χ1n) is 9.47. The van der Waals surface area contributed by atoms with E-state index in [-0.39, 0.29) is 32.3 Å². The lowest BCUT2D eigenvalue weighted by Gasteiger charge is -2.33. The van der Waals surface area contributed by atoms with Crippen molar-refractivity contribution in [1.82, 2.24) is 0 Å². The van der Waals surface area contributed by atoms with E-state index in [1.807, 2.05) is 6.92 Å². The van der Waals surface area contributed by atoms with E-state index in [2.05, 4.69) is 0 Å². The summed E-state index contributed by atoms with van der Waals surface area (Å²) >= 11 is 6.17. The zero-order valence-corrected chi connectivity index (χ0v) is 18.1. The van der Waals surface area contributed by atoms with Gasteiger partial charge in [-0.25, -0.2) is 17.5 Å². The summed E-state index contributed by atoms with van der Waals surface area (Å²) in [5.41, 5.74) is -0.00456. The fraction of sp³-hybridized carbons (Fsp3) is 0.130. The molecule has 156 valence electrons. The second-order valence-corrected chi connectivity index (χ2v) is 9.88. The number of hydrogen-bond donors (Lipinski definition) is 0. The van der Waals surface area contributed by atoms with Crippen molar-refractivity contribution in [3.8, 4) is 0 Å². The number of carbonyl (C=O) groups excluding carboxylic acids is 2. The molecular formula is C23H16ClNO5S. The lowest BCUT2D eigenvalue weighted by atomic mass is 9.95. The Morgan fingerprint density at radius 1 is 0.871 bits per heavy atom. The molecule has 2 aliphatic rings. The Balaban J connectivity index is 1.85. The molecule has 1 atom stereocenters. The van der Waals surface area contributed by atoms with Crippen molar-refractivity contribution < 1.29 is 22.7 Å². The van der Waals surface area contributed by atoms with Crippen LogP contribution in [0.2, 0.25) is 5.02 Å². The Labute approximate surface area is 184 Å². The topological polar surface area (TPSA) is 80.8 Å². The van der Waals surface area contributed by atoms with Crippen LogP contribution in [0.5, 0.6) is 0 Å². The zero-order chi connectivity index (χ0) is 22.1. The largest absolute Gasteiger partial charge is 0.422 e. The first kappa shape index (κ1) is 19.8. The number of anilines is 1. The van der Waals surface area contributed by atoms with Crippen molar-refractivity contribution in [2.75, 3.05) is 4.31 Å². The van der Waals surface area contributed by atoms with Crippen LogP contribution in [0.15, 0.2) is 65.6 Å². The van der Waals surface area contributed by atoms with E-state index in [0.717, 1.165) is 15.4 Å². The smallest absolute Gasteiger partial charge is 0.341 e. The number of benzene rings is 3. The molecule has 0 bridgehead atoms. The number of fused-ring (bicyclic) bond motifs is 3. The Morgan fingerprint density at radius 2 is 1.55 bits per heavy atom. The molecule has 8 heteroatoms. The van der Waals surface area contributed by atoms with E-state index in [1.54, 1.807) is 37.3 Å². The molecule has 1 unspecified atom stereocenters. The normalized spacial score (nSPS) is 19.5. The highest BCUT2D eigenvalue weighted by Gasteiger charge is 2.64. The third kappa shape index (κ3) is 2.60. The van der Waals surface area contributed by atoms with Gasteiger partial charge in [0.05, 0.1) is 16.1 Å². The van der Waals surface area contributed by atoms with Crippen LogP contribution in [0.4, 0.5) is 5.69 Å². The molecule has 0 fully saturated rings. The minimum Gasteiger partial charge on any atom is -0.422 e. The number of carbonyl (C=O) groups is 2. The number of nitrogens with zero attached hydrogens (tertiary/aromatic N) is 1. The molecule has 2 aliphatic heterocycles.